The number of rotatable bonds is 5. The minimum absolute atomic E-state index is 0.340. The normalized spacial score (nSPS) is 15.1. The highest BCUT2D eigenvalue weighted by Crippen LogP contribution is 2.18. The van der Waals surface area contributed by atoms with Gasteiger partial charge in [-0.3, -0.25) is 0 Å². The number of carbonyl (C=O) groups is 1. The molecule has 7 nitrogen and oxygen atoms in total. The van der Waals surface area contributed by atoms with E-state index in [1.165, 1.54) is 0 Å². The summed E-state index contributed by atoms with van der Waals surface area (Å²) in [5, 5.41) is 3.42. The van der Waals surface area contributed by atoms with Crippen LogP contribution in [0.3, 0.4) is 0 Å². The summed E-state index contributed by atoms with van der Waals surface area (Å²) in [6, 6.07) is 5.73. The van der Waals surface area contributed by atoms with Crippen molar-refractivity contribution in [3.8, 4) is 0 Å². The van der Waals surface area contributed by atoms with Gasteiger partial charge in [0.2, 0.25) is 5.95 Å². The van der Waals surface area contributed by atoms with Crippen molar-refractivity contribution in [2.75, 3.05) is 29.9 Å². The molecule has 0 amide bonds. The highest BCUT2D eigenvalue weighted by Gasteiger charge is 2.21. The topological polar surface area (TPSA) is 80.2 Å². The zero-order chi connectivity index (χ0) is 16.8. The highest BCUT2D eigenvalue weighted by molar-refractivity contribution is 5.89. The van der Waals surface area contributed by atoms with Crippen molar-refractivity contribution in [3.05, 3.63) is 42.4 Å². The molecule has 3 rings (SSSR count). The Bertz CT molecular complexity index is 654. The minimum atomic E-state index is -0.340. The fraction of sp³-hybridized carbons (Fsp3) is 0.412. The van der Waals surface area contributed by atoms with Crippen LogP contribution in [0.1, 0.15) is 30.1 Å². The second-order valence-corrected chi connectivity index (χ2v) is 5.61. The Morgan fingerprint density at radius 2 is 2.00 bits per heavy atom. The van der Waals surface area contributed by atoms with Crippen molar-refractivity contribution < 1.29 is 9.53 Å². The molecular weight excluding hydrogens is 306 g/mol. The molecule has 7 heteroatoms. The zero-order valence-electron chi connectivity index (χ0n) is 13.7. The Kier molecular flexibility index (Phi) is 5.20. The first kappa shape index (κ1) is 16.2. The zero-order valence-corrected chi connectivity index (χ0v) is 13.7. The van der Waals surface area contributed by atoms with Gasteiger partial charge in [0, 0.05) is 37.7 Å². The summed E-state index contributed by atoms with van der Waals surface area (Å²) in [7, 11) is 0. The standard InChI is InChI=1S/C17H21N5O2/c1-2-24-16(23)13-4-5-15(20-12-13)21-14-6-10-22(11-7-14)17-18-8-3-9-19-17/h3-5,8-9,12,14H,2,6-7,10-11H2,1H3,(H,20,21). The smallest absolute Gasteiger partial charge is 0.339 e. The molecule has 2 aromatic heterocycles. The summed E-state index contributed by atoms with van der Waals surface area (Å²) in [6.45, 7) is 3.96. The van der Waals surface area contributed by atoms with Crippen molar-refractivity contribution in [3.63, 3.8) is 0 Å². The van der Waals surface area contributed by atoms with Crippen LogP contribution in [-0.4, -0.2) is 46.7 Å². The van der Waals surface area contributed by atoms with Gasteiger partial charge in [-0.05, 0) is 38.0 Å². The number of piperidine rings is 1. The van der Waals surface area contributed by atoms with E-state index in [0.717, 1.165) is 37.7 Å². The Morgan fingerprint density at radius 1 is 1.25 bits per heavy atom. The molecule has 2 aromatic rings. The van der Waals surface area contributed by atoms with Gasteiger partial charge in [-0.15, -0.1) is 0 Å². The maximum atomic E-state index is 11.6. The van der Waals surface area contributed by atoms with E-state index in [1.54, 1.807) is 31.6 Å². The Balaban J connectivity index is 1.52. The van der Waals surface area contributed by atoms with E-state index >= 15 is 0 Å². The van der Waals surface area contributed by atoms with E-state index in [4.69, 9.17) is 4.74 Å². The fourth-order valence-corrected chi connectivity index (χ4v) is 2.70. The lowest BCUT2D eigenvalue weighted by atomic mass is 10.1. The van der Waals surface area contributed by atoms with E-state index in [9.17, 15) is 4.79 Å². The van der Waals surface area contributed by atoms with Crippen LogP contribution < -0.4 is 10.2 Å². The monoisotopic (exact) mass is 327 g/mol. The first-order valence-electron chi connectivity index (χ1n) is 8.18. The Hall–Kier alpha value is -2.70. The lowest BCUT2D eigenvalue weighted by molar-refractivity contribution is 0.0526. The Labute approximate surface area is 141 Å². The molecule has 0 unspecified atom stereocenters. The maximum absolute atomic E-state index is 11.6. The molecule has 0 aromatic carbocycles. The van der Waals surface area contributed by atoms with Gasteiger partial charge in [-0.2, -0.15) is 0 Å². The van der Waals surface area contributed by atoms with Crippen LogP contribution >= 0.6 is 0 Å². The molecule has 0 aliphatic carbocycles. The second-order valence-electron chi connectivity index (χ2n) is 5.61. The van der Waals surface area contributed by atoms with Gasteiger partial charge in [-0.25, -0.2) is 19.7 Å². The van der Waals surface area contributed by atoms with Crippen LogP contribution in [-0.2, 0) is 4.74 Å². The highest BCUT2D eigenvalue weighted by atomic mass is 16.5. The van der Waals surface area contributed by atoms with Gasteiger partial charge >= 0.3 is 5.97 Å². The third-order valence-corrected chi connectivity index (χ3v) is 3.96. The van der Waals surface area contributed by atoms with Crippen LogP contribution in [0.5, 0.6) is 0 Å². The molecular formula is C17H21N5O2. The van der Waals surface area contributed by atoms with E-state index < -0.39 is 0 Å². The number of nitrogens with one attached hydrogen (secondary N) is 1. The molecule has 0 bridgehead atoms. The quantitative estimate of drug-likeness (QED) is 0.843. The average Bonchev–Trinajstić information content (AvgIpc) is 2.64. The molecule has 3 heterocycles. The van der Waals surface area contributed by atoms with Crippen molar-refractivity contribution in [1.29, 1.82) is 0 Å². The lowest BCUT2D eigenvalue weighted by Gasteiger charge is -2.32. The van der Waals surface area contributed by atoms with Crippen molar-refractivity contribution in [1.82, 2.24) is 15.0 Å². The fourth-order valence-electron chi connectivity index (χ4n) is 2.70. The average molecular weight is 327 g/mol. The summed E-state index contributed by atoms with van der Waals surface area (Å²) >= 11 is 0. The third kappa shape index (κ3) is 3.98. The predicted molar refractivity (Wildman–Crippen MR) is 91.1 cm³/mol. The lowest BCUT2D eigenvalue weighted by Crippen LogP contribution is -2.40. The molecule has 1 aliphatic heterocycles. The van der Waals surface area contributed by atoms with Crippen LogP contribution in [0.4, 0.5) is 11.8 Å². The molecule has 0 saturated carbocycles. The van der Waals surface area contributed by atoms with Gasteiger partial charge in [0.1, 0.15) is 5.82 Å². The van der Waals surface area contributed by atoms with E-state index in [0.29, 0.717) is 18.2 Å². The van der Waals surface area contributed by atoms with E-state index in [1.807, 2.05) is 12.1 Å². The van der Waals surface area contributed by atoms with Gasteiger partial charge in [0.25, 0.3) is 0 Å². The number of pyridine rings is 1. The summed E-state index contributed by atoms with van der Waals surface area (Å²) in [6.07, 6.45) is 7.05. The van der Waals surface area contributed by atoms with Gasteiger partial charge < -0.3 is 15.0 Å². The number of esters is 1. The first-order valence-corrected chi connectivity index (χ1v) is 8.18. The summed E-state index contributed by atoms with van der Waals surface area (Å²) in [5.41, 5.74) is 0.471. The van der Waals surface area contributed by atoms with Gasteiger partial charge in [-0.1, -0.05) is 0 Å². The van der Waals surface area contributed by atoms with E-state index in [-0.39, 0.29) is 5.97 Å². The number of anilines is 2. The number of nitrogens with zero attached hydrogens (tertiary/aromatic N) is 4. The number of ether oxygens (including phenoxy) is 1. The summed E-state index contributed by atoms with van der Waals surface area (Å²) < 4.78 is 4.95. The van der Waals surface area contributed by atoms with Gasteiger partial charge in [0.15, 0.2) is 0 Å². The molecule has 1 saturated heterocycles. The van der Waals surface area contributed by atoms with Crippen LogP contribution in [0, 0.1) is 0 Å². The number of aromatic nitrogens is 3. The van der Waals surface area contributed by atoms with Crippen molar-refractivity contribution in [2.45, 2.75) is 25.8 Å². The van der Waals surface area contributed by atoms with Crippen molar-refractivity contribution in [2.24, 2.45) is 0 Å². The molecule has 0 atom stereocenters. The summed E-state index contributed by atoms with van der Waals surface area (Å²) in [4.78, 5) is 26.7. The molecule has 126 valence electrons. The van der Waals surface area contributed by atoms with Crippen LogP contribution in [0.15, 0.2) is 36.8 Å². The third-order valence-electron chi connectivity index (χ3n) is 3.96. The van der Waals surface area contributed by atoms with Crippen LogP contribution in [0.25, 0.3) is 0 Å². The molecule has 0 spiro atoms. The maximum Gasteiger partial charge on any atom is 0.339 e. The number of hydrogen-bond donors (Lipinski definition) is 1. The SMILES string of the molecule is CCOC(=O)c1ccc(NC2CCN(c3ncccn3)CC2)nc1. The predicted octanol–water partition coefficient (Wildman–Crippen LogP) is 2.13. The molecule has 24 heavy (non-hydrogen) atoms. The molecule has 1 aliphatic rings. The number of hydrogen-bond acceptors (Lipinski definition) is 7. The molecule has 1 fully saturated rings. The first-order chi connectivity index (χ1) is 11.8. The molecule has 0 radical (unpaired) electrons. The van der Waals surface area contributed by atoms with Crippen molar-refractivity contribution >= 4 is 17.7 Å². The number of carbonyl (C=O) groups excluding carboxylic acids is 1. The van der Waals surface area contributed by atoms with Gasteiger partial charge in [0.05, 0.1) is 12.2 Å². The van der Waals surface area contributed by atoms with E-state index in [2.05, 4.69) is 25.2 Å². The van der Waals surface area contributed by atoms with Crippen LogP contribution in [0.2, 0.25) is 0 Å². The minimum Gasteiger partial charge on any atom is -0.462 e. The second kappa shape index (κ2) is 7.72. The largest absolute Gasteiger partial charge is 0.462 e. The molecule has 1 N–H and O–H groups in total. The Morgan fingerprint density at radius 3 is 2.62 bits per heavy atom. The summed E-state index contributed by atoms with van der Waals surface area (Å²) in [5.74, 6) is 1.22.